The van der Waals surface area contributed by atoms with Crippen molar-refractivity contribution in [3.8, 4) is 0 Å². The zero-order valence-corrected chi connectivity index (χ0v) is 10.2. The van der Waals surface area contributed by atoms with E-state index in [1.807, 2.05) is 0 Å². The van der Waals surface area contributed by atoms with Gasteiger partial charge in [-0.3, -0.25) is 4.99 Å². The third kappa shape index (κ3) is 1.25. The van der Waals surface area contributed by atoms with Crippen molar-refractivity contribution >= 4 is 5.71 Å². The third-order valence-electron chi connectivity index (χ3n) is 4.33. The minimum absolute atomic E-state index is 0.225. The standard InChI is InChI=1S/C17H15N/c1-3-7-13(8-4-1)16-17(11-15(17)12-18-16)14-9-5-2-6-10-14/h1-10,15H,11-12H2/t15-,17+/m0/s1. The summed E-state index contributed by atoms with van der Waals surface area (Å²) in [6, 6.07) is 21.5. The van der Waals surface area contributed by atoms with Crippen LogP contribution >= 0.6 is 0 Å². The van der Waals surface area contributed by atoms with Crippen molar-refractivity contribution in [2.45, 2.75) is 11.8 Å². The Morgan fingerprint density at radius 3 is 2.22 bits per heavy atom. The zero-order valence-electron chi connectivity index (χ0n) is 10.2. The summed E-state index contributed by atoms with van der Waals surface area (Å²) < 4.78 is 0. The quantitative estimate of drug-likeness (QED) is 0.753. The molecule has 0 N–H and O–H groups in total. The second-order valence-corrected chi connectivity index (χ2v) is 5.29. The third-order valence-corrected chi connectivity index (χ3v) is 4.33. The van der Waals surface area contributed by atoms with Crippen LogP contribution in [-0.2, 0) is 5.41 Å². The van der Waals surface area contributed by atoms with Gasteiger partial charge in [-0.15, -0.1) is 0 Å². The molecule has 18 heavy (non-hydrogen) atoms. The number of rotatable bonds is 2. The Hall–Kier alpha value is -1.89. The summed E-state index contributed by atoms with van der Waals surface area (Å²) in [6.45, 7) is 0.999. The van der Waals surface area contributed by atoms with Gasteiger partial charge in [0.05, 0.1) is 5.71 Å². The molecule has 2 aromatic rings. The van der Waals surface area contributed by atoms with E-state index in [-0.39, 0.29) is 5.41 Å². The fraction of sp³-hybridized carbons (Fsp3) is 0.235. The van der Waals surface area contributed by atoms with E-state index < -0.39 is 0 Å². The minimum Gasteiger partial charge on any atom is -0.288 e. The van der Waals surface area contributed by atoms with Crippen LogP contribution in [0.3, 0.4) is 0 Å². The highest BCUT2D eigenvalue weighted by Crippen LogP contribution is 2.59. The smallest absolute Gasteiger partial charge is 0.0529 e. The molecule has 2 atom stereocenters. The number of hydrogen-bond donors (Lipinski definition) is 0. The van der Waals surface area contributed by atoms with Crippen LogP contribution in [0.25, 0.3) is 0 Å². The summed E-state index contributed by atoms with van der Waals surface area (Å²) in [5, 5.41) is 0. The molecule has 1 heterocycles. The maximum atomic E-state index is 4.80. The molecule has 1 aliphatic heterocycles. The Labute approximate surface area is 107 Å². The van der Waals surface area contributed by atoms with Crippen molar-refractivity contribution in [3.63, 3.8) is 0 Å². The topological polar surface area (TPSA) is 12.4 Å². The lowest BCUT2D eigenvalue weighted by atomic mass is 9.86. The highest BCUT2D eigenvalue weighted by Gasteiger charge is 2.61. The maximum absolute atomic E-state index is 4.80. The molecule has 1 aliphatic carbocycles. The summed E-state index contributed by atoms with van der Waals surface area (Å²) in [5.41, 5.74) is 4.26. The molecule has 0 bridgehead atoms. The van der Waals surface area contributed by atoms with Gasteiger partial charge in [0.15, 0.2) is 0 Å². The molecule has 0 aromatic heterocycles. The van der Waals surface area contributed by atoms with Crippen LogP contribution in [0.2, 0.25) is 0 Å². The number of fused-ring (bicyclic) bond motifs is 1. The van der Waals surface area contributed by atoms with E-state index in [1.165, 1.54) is 23.3 Å². The number of hydrogen-bond acceptors (Lipinski definition) is 1. The molecule has 1 saturated carbocycles. The number of aliphatic imine (C=N–C) groups is 1. The van der Waals surface area contributed by atoms with Crippen LogP contribution in [0.15, 0.2) is 65.7 Å². The second kappa shape index (κ2) is 3.55. The average molecular weight is 233 g/mol. The Morgan fingerprint density at radius 2 is 1.56 bits per heavy atom. The molecule has 1 fully saturated rings. The van der Waals surface area contributed by atoms with Crippen molar-refractivity contribution in [3.05, 3.63) is 71.8 Å². The summed E-state index contributed by atoms with van der Waals surface area (Å²) in [6.07, 6.45) is 1.27. The van der Waals surface area contributed by atoms with Gasteiger partial charge in [-0.25, -0.2) is 0 Å². The van der Waals surface area contributed by atoms with Gasteiger partial charge in [0.2, 0.25) is 0 Å². The van der Waals surface area contributed by atoms with E-state index in [4.69, 9.17) is 4.99 Å². The number of nitrogens with zero attached hydrogens (tertiary/aromatic N) is 1. The molecule has 2 aromatic carbocycles. The van der Waals surface area contributed by atoms with Gasteiger partial charge in [-0.05, 0) is 23.5 Å². The molecule has 0 radical (unpaired) electrons. The van der Waals surface area contributed by atoms with Crippen molar-refractivity contribution < 1.29 is 0 Å². The first kappa shape index (κ1) is 10.1. The van der Waals surface area contributed by atoms with Crippen molar-refractivity contribution in [2.24, 2.45) is 10.9 Å². The Kier molecular flexibility index (Phi) is 1.99. The van der Waals surface area contributed by atoms with E-state index in [9.17, 15) is 0 Å². The zero-order chi connectivity index (χ0) is 12.0. The SMILES string of the molecule is c1ccc(C2=NC[C@@H]3C[C@]23c2ccccc2)cc1. The van der Waals surface area contributed by atoms with E-state index in [0.29, 0.717) is 0 Å². The van der Waals surface area contributed by atoms with Gasteiger partial charge in [-0.1, -0.05) is 60.7 Å². The van der Waals surface area contributed by atoms with Gasteiger partial charge in [0, 0.05) is 12.0 Å². The normalized spacial score (nSPS) is 28.7. The predicted molar refractivity (Wildman–Crippen MR) is 74.1 cm³/mol. The molecule has 0 saturated heterocycles. The molecular formula is C17H15N. The Morgan fingerprint density at radius 1 is 0.889 bits per heavy atom. The van der Waals surface area contributed by atoms with E-state index in [0.717, 1.165) is 12.5 Å². The van der Waals surface area contributed by atoms with Gasteiger partial charge < -0.3 is 0 Å². The second-order valence-electron chi connectivity index (χ2n) is 5.29. The molecule has 4 rings (SSSR count). The fourth-order valence-corrected chi connectivity index (χ4v) is 3.35. The van der Waals surface area contributed by atoms with Crippen LogP contribution in [-0.4, -0.2) is 12.3 Å². The first-order valence-electron chi connectivity index (χ1n) is 6.57. The molecule has 88 valence electrons. The lowest BCUT2D eigenvalue weighted by molar-refractivity contribution is 0.812. The largest absolute Gasteiger partial charge is 0.288 e. The monoisotopic (exact) mass is 233 g/mol. The lowest BCUT2D eigenvalue weighted by Crippen LogP contribution is -2.20. The van der Waals surface area contributed by atoms with Crippen LogP contribution in [0.5, 0.6) is 0 Å². The van der Waals surface area contributed by atoms with Gasteiger partial charge in [0.25, 0.3) is 0 Å². The van der Waals surface area contributed by atoms with Crippen LogP contribution in [0.1, 0.15) is 17.5 Å². The van der Waals surface area contributed by atoms with Crippen molar-refractivity contribution in [1.82, 2.24) is 0 Å². The molecule has 1 heteroatoms. The van der Waals surface area contributed by atoms with Crippen LogP contribution in [0, 0.1) is 5.92 Å². The average Bonchev–Trinajstić information content (AvgIpc) is 3.07. The van der Waals surface area contributed by atoms with Crippen molar-refractivity contribution in [2.75, 3.05) is 6.54 Å². The molecule has 0 spiro atoms. The first-order chi connectivity index (χ1) is 8.91. The van der Waals surface area contributed by atoms with Gasteiger partial charge in [0.1, 0.15) is 0 Å². The van der Waals surface area contributed by atoms with Gasteiger partial charge >= 0.3 is 0 Å². The first-order valence-corrected chi connectivity index (χ1v) is 6.57. The lowest BCUT2D eigenvalue weighted by Gasteiger charge is -2.17. The van der Waals surface area contributed by atoms with Crippen molar-refractivity contribution in [1.29, 1.82) is 0 Å². The number of benzene rings is 2. The predicted octanol–water partition coefficient (Wildman–Crippen LogP) is 3.45. The molecule has 0 unspecified atom stereocenters. The van der Waals surface area contributed by atoms with E-state index in [2.05, 4.69) is 60.7 Å². The molecule has 0 amide bonds. The Balaban J connectivity index is 1.82. The minimum atomic E-state index is 0.225. The van der Waals surface area contributed by atoms with Gasteiger partial charge in [-0.2, -0.15) is 0 Å². The summed E-state index contributed by atoms with van der Waals surface area (Å²) in [7, 11) is 0. The summed E-state index contributed by atoms with van der Waals surface area (Å²) in [4.78, 5) is 4.80. The highest BCUT2D eigenvalue weighted by molar-refractivity contribution is 6.12. The molecule has 2 aliphatic rings. The summed E-state index contributed by atoms with van der Waals surface area (Å²) >= 11 is 0. The van der Waals surface area contributed by atoms with Crippen LogP contribution < -0.4 is 0 Å². The Bertz CT molecular complexity index is 600. The highest BCUT2D eigenvalue weighted by atomic mass is 14.9. The summed E-state index contributed by atoms with van der Waals surface area (Å²) in [5.74, 6) is 0.732. The van der Waals surface area contributed by atoms with E-state index in [1.54, 1.807) is 0 Å². The van der Waals surface area contributed by atoms with Crippen LogP contribution in [0.4, 0.5) is 0 Å². The maximum Gasteiger partial charge on any atom is 0.0529 e. The van der Waals surface area contributed by atoms with E-state index >= 15 is 0 Å². The molecular weight excluding hydrogens is 218 g/mol. The fourth-order valence-electron chi connectivity index (χ4n) is 3.35. The molecule has 1 nitrogen and oxygen atoms in total.